The quantitative estimate of drug-likeness (QED) is 0.767. The smallest absolute Gasteiger partial charge is 0.242 e. The van der Waals surface area contributed by atoms with Crippen molar-refractivity contribution in [3.05, 3.63) is 47.2 Å². The predicted octanol–water partition coefficient (Wildman–Crippen LogP) is 1.15. The minimum atomic E-state index is -3.74. The Kier molecular flexibility index (Phi) is 4.94. The van der Waals surface area contributed by atoms with E-state index in [0.29, 0.717) is 12.1 Å². The van der Waals surface area contributed by atoms with Crippen LogP contribution in [0.2, 0.25) is 5.02 Å². The first kappa shape index (κ1) is 15.9. The maximum Gasteiger partial charge on any atom is 0.242 e. The third kappa shape index (κ3) is 4.01. The molecule has 3 N–H and O–H groups in total. The van der Waals surface area contributed by atoms with Crippen LogP contribution in [0.3, 0.4) is 0 Å². The summed E-state index contributed by atoms with van der Waals surface area (Å²) in [5.74, 6) is 0. The predicted molar refractivity (Wildman–Crippen MR) is 84.8 cm³/mol. The van der Waals surface area contributed by atoms with E-state index in [1.807, 2.05) is 0 Å². The highest BCUT2D eigenvalue weighted by Gasteiger charge is 2.18. The molecule has 9 heteroatoms. The third-order valence-corrected chi connectivity index (χ3v) is 4.88. The van der Waals surface area contributed by atoms with E-state index in [-0.39, 0.29) is 21.5 Å². The van der Waals surface area contributed by atoms with Crippen molar-refractivity contribution in [3.8, 4) is 0 Å². The van der Waals surface area contributed by atoms with Crippen LogP contribution >= 0.6 is 23.8 Å². The van der Waals surface area contributed by atoms with E-state index in [4.69, 9.17) is 29.6 Å². The number of aromatic nitrogens is 2. The molecule has 0 unspecified atom stereocenters. The van der Waals surface area contributed by atoms with Gasteiger partial charge in [-0.05, 0) is 18.2 Å². The van der Waals surface area contributed by atoms with Gasteiger partial charge < -0.3 is 5.73 Å². The van der Waals surface area contributed by atoms with E-state index >= 15 is 0 Å². The van der Waals surface area contributed by atoms with Gasteiger partial charge >= 0.3 is 0 Å². The van der Waals surface area contributed by atoms with Crippen LogP contribution in [-0.2, 0) is 16.6 Å². The standard InChI is InChI=1S/C12H13ClN4O2S2/c13-10-3-2-9(12(14)20)8-11(10)21(18,19)16-5-7-17-6-1-4-15-17/h1-4,6,8,16H,5,7H2,(H2,14,20). The molecule has 2 rings (SSSR count). The summed E-state index contributed by atoms with van der Waals surface area (Å²) in [5, 5.41) is 4.10. The molecule has 0 saturated heterocycles. The van der Waals surface area contributed by atoms with Crippen LogP contribution in [0.5, 0.6) is 0 Å². The SMILES string of the molecule is NC(=S)c1ccc(Cl)c(S(=O)(=O)NCCn2cccn2)c1. The van der Waals surface area contributed by atoms with Crippen molar-refractivity contribution in [2.24, 2.45) is 5.73 Å². The molecule has 2 aromatic rings. The zero-order valence-corrected chi connectivity index (χ0v) is 13.2. The Morgan fingerprint density at radius 1 is 1.48 bits per heavy atom. The zero-order valence-electron chi connectivity index (χ0n) is 10.9. The molecule has 0 bridgehead atoms. The summed E-state index contributed by atoms with van der Waals surface area (Å²) >= 11 is 10.8. The van der Waals surface area contributed by atoms with Crippen molar-refractivity contribution >= 4 is 38.8 Å². The van der Waals surface area contributed by atoms with Crippen molar-refractivity contribution < 1.29 is 8.42 Å². The summed E-state index contributed by atoms with van der Waals surface area (Å²) < 4.78 is 28.6. The maximum absolute atomic E-state index is 12.2. The minimum absolute atomic E-state index is 0.0464. The average Bonchev–Trinajstić information content (AvgIpc) is 2.91. The van der Waals surface area contributed by atoms with Gasteiger partial charge in [-0.25, -0.2) is 13.1 Å². The molecule has 1 heterocycles. The number of hydrogen-bond donors (Lipinski definition) is 2. The molecule has 0 saturated carbocycles. The van der Waals surface area contributed by atoms with E-state index in [9.17, 15) is 8.42 Å². The second kappa shape index (κ2) is 6.52. The number of halogens is 1. The molecule has 0 fully saturated rings. The summed E-state index contributed by atoms with van der Waals surface area (Å²) in [6, 6.07) is 6.16. The van der Waals surface area contributed by atoms with Crippen molar-refractivity contribution in [1.29, 1.82) is 0 Å². The van der Waals surface area contributed by atoms with E-state index < -0.39 is 10.0 Å². The van der Waals surface area contributed by atoms with Gasteiger partial charge in [0.1, 0.15) is 9.88 Å². The lowest BCUT2D eigenvalue weighted by Gasteiger charge is -2.10. The number of thiocarbonyl (C=S) groups is 1. The van der Waals surface area contributed by atoms with E-state index in [2.05, 4.69) is 9.82 Å². The highest BCUT2D eigenvalue weighted by molar-refractivity contribution is 7.89. The molecule has 0 radical (unpaired) electrons. The van der Waals surface area contributed by atoms with Gasteiger partial charge in [-0.1, -0.05) is 29.9 Å². The Morgan fingerprint density at radius 3 is 2.86 bits per heavy atom. The van der Waals surface area contributed by atoms with Crippen LogP contribution < -0.4 is 10.5 Å². The van der Waals surface area contributed by atoms with Crippen molar-refractivity contribution in [2.45, 2.75) is 11.4 Å². The van der Waals surface area contributed by atoms with Crippen molar-refractivity contribution in [3.63, 3.8) is 0 Å². The average molecular weight is 345 g/mol. The van der Waals surface area contributed by atoms with E-state index in [0.717, 1.165) is 0 Å². The van der Waals surface area contributed by atoms with Crippen LogP contribution in [0.25, 0.3) is 0 Å². The number of rotatable bonds is 6. The molecular weight excluding hydrogens is 332 g/mol. The Bertz CT molecular complexity index is 745. The van der Waals surface area contributed by atoms with Crippen LogP contribution in [0.4, 0.5) is 0 Å². The van der Waals surface area contributed by atoms with Crippen molar-refractivity contribution in [2.75, 3.05) is 6.54 Å². The monoisotopic (exact) mass is 344 g/mol. The number of benzene rings is 1. The molecule has 0 aliphatic rings. The first-order valence-corrected chi connectivity index (χ1v) is 8.23. The Hall–Kier alpha value is -1.48. The molecule has 0 aliphatic heterocycles. The summed E-state index contributed by atoms with van der Waals surface area (Å²) in [7, 11) is -3.74. The Morgan fingerprint density at radius 2 is 2.24 bits per heavy atom. The van der Waals surface area contributed by atoms with Gasteiger partial charge in [0.2, 0.25) is 10.0 Å². The molecule has 0 amide bonds. The van der Waals surface area contributed by atoms with Gasteiger partial charge in [0.25, 0.3) is 0 Å². The second-order valence-electron chi connectivity index (χ2n) is 4.18. The molecular formula is C12H13ClN4O2S2. The summed E-state index contributed by atoms with van der Waals surface area (Å²) in [6.45, 7) is 0.608. The topological polar surface area (TPSA) is 90.0 Å². The number of nitrogens with zero attached hydrogens (tertiary/aromatic N) is 2. The molecule has 1 aromatic carbocycles. The molecule has 1 aromatic heterocycles. The number of hydrogen-bond acceptors (Lipinski definition) is 4. The summed E-state index contributed by atoms with van der Waals surface area (Å²) in [4.78, 5) is 0.0644. The lowest BCUT2D eigenvalue weighted by Crippen LogP contribution is -2.28. The highest BCUT2D eigenvalue weighted by atomic mass is 35.5. The fourth-order valence-electron chi connectivity index (χ4n) is 1.67. The fraction of sp³-hybridized carbons (Fsp3) is 0.167. The normalized spacial score (nSPS) is 11.5. The van der Waals surface area contributed by atoms with Gasteiger partial charge in [0, 0.05) is 24.5 Å². The lowest BCUT2D eigenvalue weighted by atomic mass is 10.2. The lowest BCUT2D eigenvalue weighted by molar-refractivity contribution is 0.561. The fourth-order valence-corrected chi connectivity index (χ4v) is 3.34. The van der Waals surface area contributed by atoms with Crippen LogP contribution in [0, 0.1) is 0 Å². The van der Waals surface area contributed by atoms with Gasteiger partial charge in [-0.3, -0.25) is 4.68 Å². The van der Waals surface area contributed by atoms with Gasteiger partial charge in [0.15, 0.2) is 0 Å². The van der Waals surface area contributed by atoms with E-state index in [1.165, 1.54) is 12.1 Å². The largest absolute Gasteiger partial charge is 0.389 e. The molecule has 21 heavy (non-hydrogen) atoms. The van der Waals surface area contributed by atoms with E-state index in [1.54, 1.807) is 29.2 Å². The molecule has 0 atom stereocenters. The number of nitrogens with two attached hydrogens (primary N) is 1. The van der Waals surface area contributed by atoms with Crippen molar-refractivity contribution in [1.82, 2.24) is 14.5 Å². The Balaban J connectivity index is 2.15. The van der Waals surface area contributed by atoms with Gasteiger partial charge in [-0.2, -0.15) is 5.10 Å². The number of nitrogens with one attached hydrogen (secondary N) is 1. The summed E-state index contributed by atoms with van der Waals surface area (Å²) in [6.07, 6.45) is 3.37. The van der Waals surface area contributed by atoms with Gasteiger partial charge in [-0.15, -0.1) is 0 Å². The zero-order chi connectivity index (χ0) is 15.5. The molecule has 112 valence electrons. The van der Waals surface area contributed by atoms with Crippen LogP contribution in [-0.4, -0.2) is 29.7 Å². The maximum atomic E-state index is 12.2. The first-order chi connectivity index (χ1) is 9.90. The van der Waals surface area contributed by atoms with Crippen LogP contribution in [0.15, 0.2) is 41.6 Å². The molecule has 6 nitrogen and oxygen atoms in total. The molecule has 0 spiro atoms. The van der Waals surface area contributed by atoms with Crippen LogP contribution in [0.1, 0.15) is 5.56 Å². The first-order valence-electron chi connectivity index (χ1n) is 5.96. The highest BCUT2D eigenvalue weighted by Crippen LogP contribution is 2.22. The third-order valence-electron chi connectivity index (χ3n) is 2.70. The van der Waals surface area contributed by atoms with Gasteiger partial charge in [0.05, 0.1) is 11.6 Å². The Labute approximate surface area is 133 Å². The minimum Gasteiger partial charge on any atom is -0.389 e. The molecule has 0 aliphatic carbocycles. The second-order valence-corrected chi connectivity index (χ2v) is 6.76. The number of sulfonamides is 1. The summed E-state index contributed by atoms with van der Waals surface area (Å²) in [5.41, 5.74) is 5.95.